The maximum absolute atomic E-state index is 10.3. The van der Waals surface area contributed by atoms with E-state index < -0.39 is 0 Å². The molecule has 1 saturated carbocycles. The van der Waals surface area contributed by atoms with E-state index in [0.717, 1.165) is 16.8 Å². The van der Waals surface area contributed by atoms with Gasteiger partial charge < -0.3 is 4.74 Å². The molecule has 0 aromatic rings. The summed E-state index contributed by atoms with van der Waals surface area (Å²) in [6, 6.07) is 0. The summed E-state index contributed by atoms with van der Waals surface area (Å²) in [5.74, 6) is 2.02. The van der Waals surface area contributed by atoms with Crippen molar-refractivity contribution < 1.29 is 9.53 Å². The van der Waals surface area contributed by atoms with Crippen LogP contribution in [-0.4, -0.2) is 17.0 Å². The van der Waals surface area contributed by atoms with Gasteiger partial charge in [-0.1, -0.05) is 42.9 Å². The van der Waals surface area contributed by atoms with Gasteiger partial charge in [-0.3, -0.25) is 4.79 Å². The molecule has 4 atom stereocenters. The first kappa shape index (κ1) is 11.3. The van der Waals surface area contributed by atoms with E-state index in [2.05, 4.69) is 36.4 Å². The number of halogens is 1. The highest BCUT2D eigenvalue weighted by Crippen LogP contribution is 2.41. The van der Waals surface area contributed by atoms with Gasteiger partial charge in [0.1, 0.15) is 6.10 Å². The fourth-order valence-electron chi connectivity index (χ4n) is 2.56. The normalized spacial score (nSPS) is 39.0. The van der Waals surface area contributed by atoms with Crippen molar-refractivity contribution in [2.45, 2.75) is 32.8 Å². The predicted octanol–water partition coefficient (Wildman–Crippen LogP) is 2.65. The minimum Gasteiger partial charge on any atom is -0.464 e. The second kappa shape index (κ2) is 5.17. The highest BCUT2D eigenvalue weighted by Gasteiger charge is 2.40. The summed E-state index contributed by atoms with van der Waals surface area (Å²) in [6.07, 6.45) is 2.42. The Kier molecular flexibility index (Phi) is 4.49. The van der Waals surface area contributed by atoms with Crippen LogP contribution in [0, 0.1) is 17.8 Å². The van der Waals surface area contributed by atoms with Gasteiger partial charge in [0.25, 0.3) is 6.47 Å². The van der Waals surface area contributed by atoms with Crippen molar-refractivity contribution in [1.82, 2.24) is 0 Å². The van der Waals surface area contributed by atoms with Crippen LogP contribution in [0.4, 0.5) is 0 Å². The number of hydrogen-bond acceptors (Lipinski definition) is 2. The Morgan fingerprint density at radius 1 is 1.54 bits per heavy atom. The second-order valence-corrected chi connectivity index (χ2v) is 4.75. The van der Waals surface area contributed by atoms with Crippen molar-refractivity contribution in [3.05, 3.63) is 0 Å². The van der Waals surface area contributed by atoms with E-state index in [1.54, 1.807) is 0 Å². The maximum atomic E-state index is 10.3. The van der Waals surface area contributed by atoms with Crippen molar-refractivity contribution in [3.63, 3.8) is 0 Å². The molecule has 1 fully saturated rings. The van der Waals surface area contributed by atoms with Crippen molar-refractivity contribution in [1.29, 1.82) is 0 Å². The van der Waals surface area contributed by atoms with Crippen LogP contribution in [0.5, 0.6) is 0 Å². The van der Waals surface area contributed by atoms with Gasteiger partial charge in [-0.2, -0.15) is 0 Å². The quantitative estimate of drug-likeness (QED) is 0.453. The topological polar surface area (TPSA) is 26.3 Å². The Hall–Kier alpha value is 0.200. The molecule has 0 aromatic carbocycles. The standard InChI is InChI=1S/C10H17IO2/c1-3-8-7(2)4-10(13-6-12)9(8)5-11/h6-10H,3-5H2,1-2H3/t7-,8+,9?,10+/m0/s1. The molecule has 0 saturated heterocycles. The third-order valence-corrected chi connectivity index (χ3v) is 4.26. The van der Waals surface area contributed by atoms with E-state index in [1.807, 2.05) is 0 Å². The summed E-state index contributed by atoms with van der Waals surface area (Å²) < 4.78 is 6.22. The molecule has 1 unspecified atom stereocenters. The number of rotatable bonds is 4. The molecule has 0 N–H and O–H groups in total. The second-order valence-electron chi connectivity index (χ2n) is 3.87. The molecular weight excluding hydrogens is 279 g/mol. The van der Waals surface area contributed by atoms with Crippen LogP contribution in [0.15, 0.2) is 0 Å². The lowest BCUT2D eigenvalue weighted by atomic mass is 9.89. The average molecular weight is 296 g/mol. The smallest absolute Gasteiger partial charge is 0.293 e. The van der Waals surface area contributed by atoms with Gasteiger partial charge in [0.15, 0.2) is 0 Å². The maximum Gasteiger partial charge on any atom is 0.293 e. The summed E-state index contributed by atoms with van der Waals surface area (Å²) in [7, 11) is 0. The first-order valence-electron chi connectivity index (χ1n) is 4.89. The van der Waals surface area contributed by atoms with Crippen LogP contribution in [-0.2, 0) is 9.53 Å². The fraction of sp³-hybridized carbons (Fsp3) is 0.900. The van der Waals surface area contributed by atoms with Crippen LogP contribution in [0.1, 0.15) is 26.7 Å². The van der Waals surface area contributed by atoms with E-state index in [0.29, 0.717) is 18.3 Å². The summed E-state index contributed by atoms with van der Waals surface area (Å²) in [4.78, 5) is 10.3. The van der Waals surface area contributed by atoms with Crippen molar-refractivity contribution in [2.75, 3.05) is 4.43 Å². The summed E-state index contributed by atoms with van der Waals surface area (Å²) >= 11 is 2.40. The zero-order valence-electron chi connectivity index (χ0n) is 8.20. The van der Waals surface area contributed by atoms with Crippen molar-refractivity contribution >= 4 is 29.1 Å². The molecule has 0 amide bonds. The van der Waals surface area contributed by atoms with Crippen molar-refractivity contribution in [2.24, 2.45) is 17.8 Å². The summed E-state index contributed by atoms with van der Waals surface area (Å²) in [5, 5.41) is 0. The Balaban J connectivity index is 2.62. The van der Waals surface area contributed by atoms with Gasteiger partial charge >= 0.3 is 0 Å². The van der Waals surface area contributed by atoms with E-state index in [1.165, 1.54) is 6.42 Å². The van der Waals surface area contributed by atoms with Gasteiger partial charge in [0.2, 0.25) is 0 Å². The highest BCUT2D eigenvalue weighted by atomic mass is 127. The zero-order chi connectivity index (χ0) is 9.84. The van der Waals surface area contributed by atoms with E-state index in [4.69, 9.17) is 4.74 Å². The molecule has 76 valence electrons. The molecule has 13 heavy (non-hydrogen) atoms. The van der Waals surface area contributed by atoms with Gasteiger partial charge in [0, 0.05) is 10.3 Å². The Labute approximate surface area is 93.6 Å². The average Bonchev–Trinajstić information content (AvgIpc) is 2.41. The molecule has 1 aliphatic carbocycles. The number of ether oxygens (including phenoxy) is 1. The third-order valence-electron chi connectivity index (χ3n) is 3.24. The molecule has 0 heterocycles. The summed E-state index contributed by atoms with van der Waals surface area (Å²) in [6.45, 7) is 5.10. The molecule has 1 aliphatic rings. The van der Waals surface area contributed by atoms with Crippen LogP contribution in [0.3, 0.4) is 0 Å². The van der Waals surface area contributed by atoms with Gasteiger partial charge in [-0.05, 0) is 18.3 Å². The molecule has 3 heteroatoms. The van der Waals surface area contributed by atoms with Crippen LogP contribution in [0.2, 0.25) is 0 Å². The van der Waals surface area contributed by atoms with Gasteiger partial charge in [-0.15, -0.1) is 0 Å². The van der Waals surface area contributed by atoms with E-state index in [-0.39, 0.29) is 6.10 Å². The highest BCUT2D eigenvalue weighted by molar-refractivity contribution is 14.1. The predicted molar refractivity (Wildman–Crippen MR) is 60.9 cm³/mol. The van der Waals surface area contributed by atoms with E-state index >= 15 is 0 Å². The Morgan fingerprint density at radius 2 is 2.23 bits per heavy atom. The zero-order valence-corrected chi connectivity index (χ0v) is 10.4. The van der Waals surface area contributed by atoms with Crippen LogP contribution >= 0.6 is 22.6 Å². The van der Waals surface area contributed by atoms with Gasteiger partial charge in [-0.25, -0.2) is 0 Å². The molecule has 0 radical (unpaired) electrons. The lowest BCUT2D eigenvalue weighted by molar-refractivity contribution is -0.135. The Morgan fingerprint density at radius 3 is 2.69 bits per heavy atom. The minimum absolute atomic E-state index is 0.175. The fourth-order valence-corrected chi connectivity index (χ4v) is 3.78. The largest absolute Gasteiger partial charge is 0.464 e. The monoisotopic (exact) mass is 296 g/mol. The number of hydrogen-bond donors (Lipinski definition) is 0. The first-order valence-corrected chi connectivity index (χ1v) is 6.42. The van der Waals surface area contributed by atoms with Gasteiger partial charge in [0.05, 0.1) is 0 Å². The third kappa shape index (κ3) is 2.36. The molecule has 2 nitrogen and oxygen atoms in total. The van der Waals surface area contributed by atoms with Crippen molar-refractivity contribution in [3.8, 4) is 0 Å². The molecule has 0 aliphatic heterocycles. The minimum atomic E-state index is 0.175. The number of alkyl halides is 1. The lowest BCUT2D eigenvalue weighted by Gasteiger charge is -2.21. The lowest BCUT2D eigenvalue weighted by Crippen LogP contribution is -2.23. The first-order chi connectivity index (χ1) is 6.24. The SMILES string of the molecule is CC[C@H]1C(CI)[C@H](OC=O)C[C@@H]1C. The molecule has 0 aromatic heterocycles. The molecule has 1 rings (SSSR count). The summed E-state index contributed by atoms with van der Waals surface area (Å²) in [5.41, 5.74) is 0. The number of carbonyl (C=O) groups is 1. The molecule has 0 bridgehead atoms. The van der Waals surface area contributed by atoms with Crippen LogP contribution < -0.4 is 0 Å². The Bertz CT molecular complexity index is 172. The number of carbonyl (C=O) groups excluding carboxylic acids is 1. The molecule has 0 spiro atoms. The van der Waals surface area contributed by atoms with Crippen LogP contribution in [0.25, 0.3) is 0 Å². The van der Waals surface area contributed by atoms with E-state index in [9.17, 15) is 4.79 Å². The molecular formula is C10H17IO2.